The normalized spacial score (nSPS) is 22.4. The number of unbranched alkanes of at least 4 members (excludes halogenated alkanes) is 2. The second-order valence-electron chi connectivity index (χ2n) is 7.34. The lowest BCUT2D eigenvalue weighted by Crippen LogP contribution is -2.33. The van der Waals surface area contributed by atoms with Crippen molar-refractivity contribution in [3.8, 4) is 5.75 Å². The Morgan fingerprint density at radius 1 is 1.27 bits per heavy atom. The fourth-order valence-electron chi connectivity index (χ4n) is 3.99. The van der Waals surface area contributed by atoms with Gasteiger partial charge in [-0.3, -0.25) is 0 Å². The maximum Gasteiger partial charge on any atom is 0.119 e. The highest BCUT2D eigenvalue weighted by Gasteiger charge is 2.39. The lowest BCUT2D eigenvalue weighted by atomic mass is 9.73. The van der Waals surface area contributed by atoms with Gasteiger partial charge in [0.05, 0.1) is 7.11 Å². The summed E-state index contributed by atoms with van der Waals surface area (Å²) in [6.45, 7) is 10.7. The number of likely N-dealkylation sites (tertiary alicyclic amines) is 1. The van der Waals surface area contributed by atoms with Gasteiger partial charge in [-0.15, -0.1) is 0 Å². The van der Waals surface area contributed by atoms with Gasteiger partial charge in [0, 0.05) is 12.0 Å². The van der Waals surface area contributed by atoms with Crippen LogP contribution in [0.5, 0.6) is 5.75 Å². The van der Waals surface area contributed by atoms with Crippen LogP contribution in [0.3, 0.4) is 0 Å². The lowest BCUT2D eigenvalue weighted by molar-refractivity contribution is 0.281. The second-order valence-corrected chi connectivity index (χ2v) is 7.34. The van der Waals surface area contributed by atoms with E-state index in [1.165, 1.54) is 57.3 Å². The number of nitrogens with zero attached hydrogens (tertiary/aromatic N) is 1. The van der Waals surface area contributed by atoms with Crippen molar-refractivity contribution in [2.75, 3.05) is 26.7 Å². The van der Waals surface area contributed by atoms with Crippen molar-refractivity contribution in [1.82, 2.24) is 4.90 Å². The van der Waals surface area contributed by atoms with Crippen LogP contribution in [-0.2, 0) is 5.41 Å². The molecule has 1 atom stereocenters. The number of hydrogen-bond donors (Lipinski definition) is 0. The van der Waals surface area contributed by atoms with Crippen LogP contribution in [0.15, 0.2) is 24.3 Å². The molecule has 0 N–H and O–H groups in total. The number of rotatable bonds is 8. The third-order valence-electron chi connectivity index (χ3n) is 4.99. The summed E-state index contributed by atoms with van der Waals surface area (Å²) in [6, 6.07) is 8.77. The Morgan fingerprint density at radius 2 is 2.09 bits per heavy atom. The molecule has 0 unspecified atom stereocenters. The van der Waals surface area contributed by atoms with Crippen LogP contribution in [0, 0.1) is 5.92 Å². The van der Waals surface area contributed by atoms with E-state index in [1.54, 1.807) is 7.11 Å². The molecule has 1 aliphatic heterocycles. The molecule has 22 heavy (non-hydrogen) atoms. The predicted octanol–water partition coefficient (Wildman–Crippen LogP) is 4.88. The van der Waals surface area contributed by atoms with Crippen molar-refractivity contribution >= 4 is 0 Å². The van der Waals surface area contributed by atoms with Crippen LogP contribution in [-0.4, -0.2) is 31.6 Å². The van der Waals surface area contributed by atoms with Crippen LogP contribution in [0.2, 0.25) is 0 Å². The zero-order valence-corrected chi connectivity index (χ0v) is 14.9. The van der Waals surface area contributed by atoms with Crippen LogP contribution in [0.4, 0.5) is 0 Å². The molecule has 0 amide bonds. The Hall–Kier alpha value is -1.02. The van der Waals surface area contributed by atoms with Gasteiger partial charge in [0.25, 0.3) is 0 Å². The van der Waals surface area contributed by atoms with Gasteiger partial charge in [0.2, 0.25) is 0 Å². The molecule has 1 aliphatic rings. The molecule has 0 aromatic heterocycles. The minimum atomic E-state index is 0.314. The van der Waals surface area contributed by atoms with Gasteiger partial charge in [0.1, 0.15) is 5.75 Å². The molecule has 0 saturated carbocycles. The standard InChI is InChI=1S/C20H33NO/c1-5-6-7-12-21-13-11-20(16-21,15-17(2)3)18-9-8-10-19(14-18)22-4/h8-10,14,17H,5-7,11-13,15-16H2,1-4H3/t20-/m1/s1. The monoisotopic (exact) mass is 303 g/mol. The highest BCUT2D eigenvalue weighted by Crippen LogP contribution is 2.41. The Kier molecular flexibility index (Phi) is 6.31. The molecule has 0 spiro atoms. The molecule has 1 aromatic rings. The van der Waals surface area contributed by atoms with E-state index in [1.807, 2.05) is 0 Å². The third-order valence-corrected chi connectivity index (χ3v) is 4.99. The van der Waals surface area contributed by atoms with E-state index in [9.17, 15) is 0 Å². The van der Waals surface area contributed by atoms with Gasteiger partial charge in [-0.1, -0.05) is 45.7 Å². The van der Waals surface area contributed by atoms with Crippen LogP contribution >= 0.6 is 0 Å². The van der Waals surface area contributed by atoms with Crippen molar-refractivity contribution in [2.45, 2.75) is 58.3 Å². The topological polar surface area (TPSA) is 12.5 Å². The molecule has 1 saturated heterocycles. The molecule has 2 rings (SSSR count). The quantitative estimate of drug-likeness (QED) is 0.635. The fourth-order valence-corrected chi connectivity index (χ4v) is 3.99. The van der Waals surface area contributed by atoms with Gasteiger partial charge in [-0.25, -0.2) is 0 Å². The van der Waals surface area contributed by atoms with E-state index in [2.05, 4.69) is 49.9 Å². The Balaban J connectivity index is 2.15. The molecular formula is C20H33NO. The van der Waals surface area contributed by atoms with E-state index in [-0.39, 0.29) is 0 Å². The van der Waals surface area contributed by atoms with Crippen LogP contribution in [0.25, 0.3) is 0 Å². The molecule has 0 aliphatic carbocycles. The summed E-state index contributed by atoms with van der Waals surface area (Å²) in [5.41, 5.74) is 1.79. The molecule has 0 bridgehead atoms. The predicted molar refractivity (Wildman–Crippen MR) is 94.7 cm³/mol. The van der Waals surface area contributed by atoms with E-state index in [0.29, 0.717) is 5.41 Å². The van der Waals surface area contributed by atoms with Crippen molar-refractivity contribution in [2.24, 2.45) is 5.92 Å². The van der Waals surface area contributed by atoms with Crippen molar-refractivity contribution < 1.29 is 4.74 Å². The van der Waals surface area contributed by atoms with Crippen LogP contribution in [0.1, 0.15) is 58.4 Å². The first-order valence-corrected chi connectivity index (χ1v) is 8.96. The maximum atomic E-state index is 5.46. The number of hydrogen-bond acceptors (Lipinski definition) is 2. The smallest absolute Gasteiger partial charge is 0.119 e. The lowest BCUT2D eigenvalue weighted by Gasteiger charge is -2.32. The summed E-state index contributed by atoms with van der Waals surface area (Å²) in [5.74, 6) is 1.71. The van der Waals surface area contributed by atoms with E-state index in [4.69, 9.17) is 4.74 Å². The fraction of sp³-hybridized carbons (Fsp3) is 0.700. The molecular weight excluding hydrogens is 270 g/mol. The summed E-state index contributed by atoms with van der Waals surface area (Å²) in [5, 5.41) is 0. The number of ether oxygens (including phenoxy) is 1. The summed E-state index contributed by atoms with van der Waals surface area (Å²) in [4.78, 5) is 2.68. The van der Waals surface area contributed by atoms with Gasteiger partial charge >= 0.3 is 0 Å². The highest BCUT2D eigenvalue weighted by molar-refractivity contribution is 5.35. The SMILES string of the molecule is CCCCCN1CC[C@](CC(C)C)(c2cccc(OC)c2)C1. The zero-order chi connectivity index (χ0) is 16.0. The van der Waals surface area contributed by atoms with Crippen molar-refractivity contribution in [3.05, 3.63) is 29.8 Å². The average Bonchev–Trinajstić information content (AvgIpc) is 2.91. The van der Waals surface area contributed by atoms with Gasteiger partial charge in [-0.05, 0) is 56.0 Å². The zero-order valence-electron chi connectivity index (χ0n) is 14.9. The molecule has 124 valence electrons. The minimum Gasteiger partial charge on any atom is -0.497 e. The number of benzene rings is 1. The minimum absolute atomic E-state index is 0.314. The maximum absolute atomic E-state index is 5.46. The van der Waals surface area contributed by atoms with Gasteiger partial charge in [0.15, 0.2) is 0 Å². The van der Waals surface area contributed by atoms with Gasteiger partial charge in [-0.2, -0.15) is 0 Å². The molecule has 0 radical (unpaired) electrons. The largest absolute Gasteiger partial charge is 0.497 e. The highest BCUT2D eigenvalue weighted by atomic mass is 16.5. The Morgan fingerprint density at radius 3 is 2.77 bits per heavy atom. The van der Waals surface area contributed by atoms with E-state index >= 15 is 0 Å². The second kappa shape index (κ2) is 8.01. The molecule has 1 fully saturated rings. The van der Waals surface area contributed by atoms with E-state index in [0.717, 1.165) is 11.7 Å². The first-order valence-electron chi connectivity index (χ1n) is 8.96. The summed E-state index contributed by atoms with van der Waals surface area (Å²) >= 11 is 0. The average molecular weight is 303 g/mol. The summed E-state index contributed by atoms with van der Waals surface area (Å²) in [6.07, 6.45) is 6.55. The summed E-state index contributed by atoms with van der Waals surface area (Å²) < 4.78 is 5.46. The molecule has 1 aromatic carbocycles. The molecule has 1 heterocycles. The Bertz CT molecular complexity index is 457. The van der Waals surface area contributed by atoms with Crippen molar-refractivity contribution in [1.29, 1.82) is 0 Å². The third kappa shape index (κ3) is 4.25. The number of methoxy groups -OCH3 is 1. The summed E-state index contributed by atoms with van der Waals surface area (Å²) in [7, 11) is 1.76. The van der Waals surface area contributed by atoms with Gasteiger partial charge < -0.3 is 9.64 Å². The van der Waals surface area contributed by atoms with Crippen molar-refractivity contribution in [3.63, 3.8) is 0 Å². The Labute approximate surface area is 136 Å². The van der Waals surface area contributed by atoms with E-state index < -0.39 is 0 Å². The van der Waals surface area contributed by atoms with Crippen LogP contribution < -0.4 is 4.74 Å². The molecule has 2 nitrogen and oxygen atoms in total. The first kappa shape index (κ1) is 17.3. The first-order chi connectivity index (χ1) is 10.6. The molecule has 2 heteroatoms.